The first-order chi connectivity index (χ1) is 9.57. The number of hydrogen-bond acceptors (Lipinski definition) is 2. The van der Waals surface area contributed by atoms with Gasteiger partial charge in [0.1, 0.15) is 0 Å². The lowest BCUT2D eigenvalue weighted by Crippen LogP contribution is -2.40. The summed E-state index contributed by atoms with van der Waals surface area (Å²) in [6, 6.07) is 16.1. The summed E-state index contributed by atoms with van der Waals surface area (Å²) in [5.74, 6) is -0.752. The predicted molar refractivity (Wildman–Crippen MR) is 71.4 cm³/mol. The molecule has 0 atom stereocenters. The maximum absolute atomic E-state index is 13.8. The lowest BCUT2D eigenvalue weighted by molar-refractivity contribution is -0.170. The standard InChI is InChI=1S/C16H14F2O2/c1-12(19)20-16(15(17)18,13-8-4-2-5-9-13)14-10-6-3-7-11-14/h2-11,15H,1H3. The summed E-state index contributed by atoms with van der Waals surface area (Å²) in [5, 5.41) is 0. The number of benzene rings is 2. The fourth-order valence-electron chi connectivity index (χ4n) is 2.18. The second-order valence-corrected chi connectivity index (χ2v) is 4.36. The topological polar surface area (TPSA) is 26.3 Å². The van der Waals surface area contributed by atoms with E-state index in [4.69, 9.17) is 4.74 Å². The van der Waals surface area contributed by atoms with E-state index in [2.05, 4.69) is 0 Å². The molecule has 0 unspecified atom stereocenters. The number of hydrogen-bond donors (Lipinski definition) is 0. The van der Waals surface area contributed by atoms with Crippen molar-refractivity contribution in [3.05, 3.63) is 71.8 Å². The van der Waals surface area contributed by atoms with Gasteiger partial charge in [-0.2, -0.15) is 0 Å². The molecule has 104 valence electrons. The smallest absolute Gasteiger partial charge is 0.304 e. The summed E-state index contributed by atoms with van der Waals surface area (Å²) in [7, 11) is 0. The second-order valence-electron chi connectivity index (χ2n) is 4.36. The van der Waals surface area contributed by atoms with E-state index < -0.39 is 18.0 Å². The molecule has 0 N–H and O–H groups in total. The van der Waals surface area contributed by atoms with Gasteiger partial charge in [-0.05, 0) is 0 Å². The van der Waals surface area contributed by atoms with Crippen molar-refractivity contribution in [1.82, 2.24) is 0 Å². The Balaban J connectivity index is 2.66. The average molecular weight is 276 g/mol. The van der Waals surface area contributed by atoms with Crippen LogP contribution in [0, 0.1) is 0 Å². The van der Waals surface area contributed by atoms with Crippen LogP contribution in [0.4, 0.5) is 8.78 Å². The first-order valence-corrected chi connectivity index (χ1v) is 6.16. The van der Waals surface area contributed by atoms with Gasteiger partial charge in [0.2, 0.25) is 5.60 Å². The molecular weight excluding hydrogens is 262 g/mol. The summed E-state index contributed by atoms with van der Waals surface area (Å²) < 4.78 is 32.7. The Morgan fingerprint density at radius 3 is 1.65 bits per heavy atom. The van der Waals surface area contributed by atoms with E-state index in [1.54, 1.807) is 36.4 Å². The van der Waals surface area contributed by atoms with Gasteiger partial charge in [-0.3, -0.25) is 4.79 Å². The van der Waals surface area contributed by atoms with E-state index in [-0.39, 0.29) is 11.1 Å². The Labute approximate surface area is 116 Å². The lowest BCUT2D eigenvalue weighted by atomic mass is 9.86. The van der Waals surface area contributed by atoms with Crippen molar-refractivity contribution in [2.24, 2.45) is 0 Å². The molecule has 0 fully saturated rings. The molecule has 0 saturated heterocycles. The molecule has 0 radical (unpaired) electrons. The molecule has 0 heterocycles. The number of rotatable bonds is 4. The van der Waals surface area contributed by atoms with Crippen LogP contribution >= 0.6 is 0 Å². The molecule has 0 spiro atoms. The van der Waals surface area contributed by atoms with E-state index in [0.29, 0.717) is 0 Å². The molecule has 0 bridgehead atoms. The van der Waals surface area contributed by atoms with Crippen LogP contribution < -0.4 is 0 Å². The van der Waals surface area contributed by atoms with E-state index in [9.17, 15) is 13.6 Å². The zero-order chi connectivity index (χ0) is 14.6. The molecule has 0 amide bonds. The van der Waals surface area contributed by atoms with Crippen LogP contribution in [-0.4, -0.2) is 12.4 Å². The van der Waals surface area contributed by atoms with Gasteiger partial charge in [-0.25, -0.2) is 8.78 Å². The van der Waals surface area contributed by atoms with Gasteiger partial charge in [-0.15, -0.1) is 0 Å². The van der Waals surface area contributed by atoms with Gasteiger partial charge < -0.3 is 4.74 Å². The molecule has 20 heavy (non-hydrogen) atoms. The molecule has 2 aromatic carbocycles. The van der Waals surface area contributed by atoms with E-state index in [0.717, 1.165) is 6.92 Å². The highest BCUT2D eigenvalue weighted by Gasteiger charge is 2.46. The fourth-order valence-corrected chi connectivity index (χ4v) is 2.18. The maximum atomic E-state index is 13.8. The molecule has 2 nitrogen and oxygen atoms in total. The van der Waals surface area contributed by atoms with Crippen LogP contribution in [0.3, 0.4) is 0 Å². The Hall–Kier alpha value is -2.23. The zero-order valence-electron chi connectivity index (χ0n) is 10.9. The molecular formula is C16H14F2O2. The monoisotopic (exact) mass is 276 g/mol. The van der Waals surface area contributed by atoms with Crippen LogP contribution in [0.15, 0.2) is 60.7 Å². The lowest BCUT2D eigenvalue weighted by Gasteiger charge is -2.33. The van der Waals surface area contributed by atoms with Crippen molar-refractivity contribution >= 4 is 5.97 Å². The quantitative estimate of drug-likeness (QED) is 0.795. The highest BCUT2D eigenvalue weighted by Crippen LogP contribution is 2.39. The van der Waals surface area contributed by atoms with E-state index in [1.165, 1.54) is 24.3 Å². The Morgan fingerprint density at radius 2 is 1.35 bits per heavy atom. The van der Waals surface area contributed by atoms with Gasteiger partial charge in [0.15, 0.2) is 0 Å². The number of ether oxygens (including phenoxy) is 1. The van der Waals surface area contributed by atoms with Crippen LogP contribution in [0.1, 0.15) is 18.1 Å². The Bertz CT molecular complexity index is 528. The minimum absolute atomic E-state index is 0.247. The van der Waals surface area contributed by atoms with Crippen molar-refractivity contribution in [1.29, 1.82) is 0 Å². The molecule has 2 aromatic rings. The predicted octanol–water partition coefficient (Wildman–Crippen LogP) is 3.76. The number of carbonyl (C=O) groups excluding carboxylic acids is 1. The SMILES string of the molecule is CC(=O)OC(c1ccccc1)(c1ccccc1)C(F)F. The molecule has 0 saturated carbocycles. The van der Waals surface area contributed by atoms with Crippen molar-refractivity contribution < 1.29 is 18.3 Å². The fraction of sp³-hybridized carbons (Fsp3) is 0.188. The third kappa shape index (κ3) is 2.54. The van der Waals surface area contributed by atoms with Gasteiger partial charge in [0, 0.05) is 18.1 Å². The number of halogens is 2. The third-order valence-corrected chi connectivity index (χ3v) is 3.02. The first-order valence-electron chi connectivity index (χ1n) is 6.16. The van der Waals surface area contributed by atoms with Gasteiger partial charge in [0.25, 0.3) is 6.43 Å². The maximum Gasteiger partial charge on any atom is 0.304 e. The van der Waals surface area contributed by atoms with Crippen molar-refractivity contribution in [2.45, 2.75) is 19.0 Å². The largest absolute Gasteiger partial charge is 0.443 e. The normalized spacial score (nSPS) is 11.4. The highest BCUT2D eigenvalue weighted by atomic mass is 19.3. The summed E-state index contributed by atoms with van der Waals surface area (Å²) in [6.45, 7) is 1.13. The zero-order valence-corrected chi connectivity index (χ0v) is 10.9. The van der Waals surface area contributed by atoms with Crippen molar-refractivity contribution in [2.75, 3.05) is 0 Å². The minimum atomic E-state index is -2.88. The molecule has 4 heteroatoms. The van der Waals surface area contributed by atoms with Crippen LogP contribution in [-0.2, 0) is 15.1 Å². The molecule has 0 aliphatic rings. The van der Waals surface area contributed by atoms with Gasteiger partial charge in [-0.1, -0.05) is 60.7 Å². The van der Waals surface area contributed by atoms with Gasteiger partial charge >= 0.3 is 5.97 Å². The van der Waals surface area contributed by atoms with Crippen molar-refractivity contribution in [3.63, 3.8) is 0 Å². The number of esters is 1. The first kappa shape index (κ1) is 14.2. The molecule has 2 rings (SSSR count). The second kappa shape index (κ2) is 5.82. The van der Waals surface area contributed by atoms with E-state index in [1.807, 2.05) is 0 Å². The number of alkyl halides is 2. The van der Waals surface area contributed by atoms with Crippen LogP contribution in [0.5, 0.6) is 0 Å². The average Bonchev–Trinajstić information content (AvgIpc) is 2.46. The Morgan fingerprint density at radius 1 is 0.950 bits per heavy atom. The summed E-state index contributed by atoms with van der Waals surface area (Å²) in [4.78, 5) is 11.4. The summed E-state index contributed by atoms with van der Waals surface area (Å²) in [5.41, 5.74) is -1.58. The summed E-state index contributed by atoms with van der Waals surface area (Å²) in [6.07, 6.45) is -2.88. The molecule has 0 aliphatic carbocycles. The highest BCUT2D eigenvalue weighted by molar-refractivity contribution is 5.67. The van der Waals surface area contributed by atoms with Gasteiger partial charge in [0.05, 0.1) is 0 Å². The number of carbonyl (C=O) groups is 1. The summed E-state index contributed by atoms with van der Waals surface area (Å²) >= 11 is 0. The minimum Gasteiger partial charge on any atom is -0.443 e. The van der Waals surface area contributed by atoms with Crippen LogP contribution in [0.2, 0.25) is 0 Å². The molecule has 0 aliphatic heterocycles. The Kier molecular flexibility index (Phi) is 4.13. The third-order valence-electron chi connectivity index (χ3n) is 3.02. The molecule has 0 aromatic heterocycles. The van der Waals surface area contributed by atoms with Crippen LogP contribution in [0.25, 0.3) is 0 Å². The van der Waals surface area contributed by atoms with E-state index >= 15 is 0 Å². The van der Waals surface area contributed by atoms with Crippen molar-refractivity contribution in [3.8, 4) is 0 Å².